The number of carbonyl (C=O) groups is 1. The highest BCUT2D eigenvalue weighted by atomic mass is 32.1. The number of amides is 1. The largest absolute Gasteiger partial charge is 0.397 e. The average Bonchev–Trinajstić information content (AvgIpc) is 2.69. The molecule has 0 fully saturated rings. The third-order valence-corrected chi connectivity index (χ3v) is 3.41. The van der Waals surface area contributed by atoms with E-state index in [4.69, 9.17) is 5.73 Å². The average molecular weight is 268 g/mol. The number of hydrogen-bond donors (Lipinski definition) is 2. The molecule has 18 heavy (non-hydrogen) atoms. The van der Waals surface area contributed by atoms with Gasteiger partial charge in [-0.3, -0.25) is 4.79 Å². The van der Waals surface area contributed by atoms with Crippen LogP contribution in [0.15, 0.2) is 23.6 Å². The van der Waals surface area contributed by atoms with Gasteiger partial charge in [-0.25, -0.2) is 8.78 Å². The quantitative estimate of drug-likeness (QED) is 0.822. The smallest absolute Gasteiger partial charge is 0.266 e. The summed E-state index contributed by atoms with van der Waals surface area (Å²) in [6.07, 6.45) is 0. The standard InChI is InChI=1S/C12H10F2N2OS/c1-6-2-3-18-11(6)12(17)16-10-8(14)4-7(13)5-9(10)15/h2-5H,15H2,1H3,(H,16,17). The molecule has 0 atom stereocenters. The van der Waals surface area contributed by atoms with Crippen LogP contribution in [0.2, 0.25) is 0 Å². The van der Waals surface area contributed by atoms with Crippen LogP contribution in [0.4, 0.5) is 20.2 Å². The minimum Gasteiger partial charge on any atom is -0.397 e. The van der Waals surface area contributed by atoms with E-state index in [-0.39, 0.29) is 11.4 Å². The zero-order chi connectivity index (χ0) is 13.3. The Bertz CT molecular complexity index is 587. The van der Waals surface area contributed by atoms with Crippen LogP contribution in [0.1, 0.15) is 15.2 Å². The lowest BCUT2D eigenvalue weighted by molar-refractivity contribution is 0.102. The van der Waals surface area contributed by atoms with Gasteiger partial charge in [0.2, 0.25) is 0 Å². The summed E-state index contributed by atoms with van der Waals surface area (Å²) in [5, 5.41) is 4.11. The molecule has 94 valence electrons. The molecule has 0 unspecified atom stereocenters. The zero-order valence-corrected chi connectivity index (χ0v) is 10.3. The van der Waals surface area contributed by atoms with Crippen molar-refractivity contribution in [3.8, 4) is 0 Å². The summed E-state index contributed by atoms with van der Waals surface area (Å²) in [5.41, 5.74) is 5.92. The molecular formula is C12H10F2N2OS. The van der Waals surface area contributed by atoms with Crippen LogP contribution in [0.25, 0.3) is 0 Å². The van der Waals surface area contributed by atoms with E-state index in [2.05, 4.69) is 5.32 Å². The van der Waals surface area contributed by atoms with E-state index >= 15 is 0 Å². The van der Waals surface area contributed by atoms with Gasteiger partial charge in [0.15, 0.2) is 5.82 Å². The number of anilines is 2. The molecule has 0 aliphatic rings. The predicted octanol–water partition coefficient (Wildman–Crippen LogP) is 3.17. The summed E-state index contributed by atoms with van der Waals surface area (Å²) < 4.78 is 26.3. The fourth-order valence-electron chi connectivity index (χ4n) is 1.50. The lowest BCUT2D eigenvalue weighted by atomic mass is 10.2. The van der Waals surface area contributed by atoms with Crippen molar-refractivity contribution in [2.24, 2.45) is 0 Å². The molecule has 1 heterocycles. The molecular weight excluding hydrogens is 258 g/mol. The fourth-order valence-corrected chi connectivity index (χ4v) is 2.32. The molecule has 0 bridgehead atoms. The Morgan fingerprint density at radius 1 is 1.39 bits per heavy atom. The Morgan fingerprint density at radius 3 is 2.67 bits per heavy atom. The molecule has 0 saturated carbocycles. The normalized spacial score (nSPS) is 10.4. The van der Waals surface area contributed by atoms with E-state index in [0.29, 0.717) is 10.9 Å². The first-order valence-corrected chi connectivity index (χ1v) is 5.97. The number of rotatable bonds is 2. The van der Waals surface area contributed by atoms with Crippen molar-refractivity contribution in [1.29, 1.82) is 0 Å². The van der Waals surface area contributed by atoms with E-state index < -0.39 is 17.5 Å². The summed E-state index contributed by atoms with van der Waals surface area (Å²) in [5.74, 6) is -2.13. The second-order valence-corrected chi connectivity index (χ2v) is 4.65. The Labute approximate surface area is 106 Å². The van der Waals surface area contributed by atoms with Crippen molar-refractivity contribution >= 4 is 28.6 Å². The highest BCUT2D eigenvalue weighted by Crippen LogP contribution is 2.25. The van der Waals surface area contributed by atoms with Gasteiger partial charge in [-0.15, -0.1) is 11.3 Å². The molecule has 2 aromatic rings. The first kappa shape index (κ1) is 12.5. The molecule has 0 radical (unpaired) electrons. The number of nitrogens with one attached hydrogen (secondary N) is 1. The van der Waals surface area contributed by atoms with Crippen molar-refractivity contribution in [3.05, 3.63) is 45.7 Å². The van der Waals surface area contributed by atoms with Gasteiger partial charge >= 0.3 is 0 Å². The van der Waals surface area contributed by atoms with Gasteiger partial charge in [0.1, 0.15) is 11.5 Å². The molecule has 6 heteroatoms. The van der Waals surface area contributed by atoms with Crippen molar-refractivity contribution in [2.75, 3.05) is 11.1 Å². The van der Waals surface area contributed by atoms with Crippen LogP contribution in [0.5, 0.6) is 0 Å². The van der Waals surface area contributed by atoms with Crippen molar-refractivity contribution < 1.29 is 13.6 Å². The minimum atomic E-state index is -0.893. The molecule has 0 aliphatic heterocycles. The lowest BCUT2D eigenvalue weighted by Crippen LogP contribution is -2.14. The van der Waals surface area contributed by atoms with E-state index in [1.54, 1.807) is 18.4 Å². The third kappa shape index (κ3) is 2.33. The summed E-state index contributed by atoms with van der Waals surface area (Å²) in [6, 6.07) is 3.41. The maximum Gasteiger partial charge on any atom is 0.266 e. The molecule has 3 nitrogen and oxygen atoms in total. The summed E-state index contributed by atoms with van der Waals surface area (Å²) in [6.45, 7) is 1.77. The van der Waals surface area contributed by atoms with E-state index in [9.17, 15) is 13.6 Å². The van der Waals surface area contributed by atoms with Crippen LogP contribution in [0, 0.1) is 18.6 Å². The van der Waals surface area contributed by atoms with Crippen LogP contribution in [-0.4, -0.2) is 5.91 Å². The van der Waals surface area contributed by atoms with E-state index in [1.807, 2.05) is 0 Å². The van der Waals surface area contributed by atoms with Gasteiger partial charge in [0.05, 0.1) is 10.6 Å². The molecule has 0 spiro atoms. The third-order valence-electron chi connectivity index (χ3n) is 2.39. The monoisotopic (exact) mass is 268 g/mol. The highest BCUT2D eigenvalue weighted by Gasteiger charge is 2.15. The number of halogens is 2. The van der Waals surface area contributed by atoms with Crippen molar-refractivity contribution in [2.45, 2.75) is 6.92 Å². The Hall–Kier alpha value is -1.95. The number of nitrogen functional groups attached to an aromatic ring is 1. The van der Waals surface area contributed by atoms with Gasteiger partial charge in [-0.1, -0.05) is 0 Å². The number of aryl methyl sites for hydroxylation is 1. The highest BCUT2D eigenvalue weighted by molar-refractivity contribution is 7.12. The molecule has 2 rings (SSSR count). The van der Waals surface area contributed by atoms with Crippen LogP contribution >= 0.6 is 11.3 Å². The number of benzene rings is 1. The van der Waals surface area contributed by atoms with E-state index in [1.165, 1.54) is 11.3 Å². The Kier molecular flexibility index (Phi) is 3.29. The molecule has 1 aromatic heterocycles. The van der Waals surface area contributed by atoms with Crippen LogP contribution in [0.3, 0.4) is 0 Å². The fraction of sp³-hybridized carbons (Fsp3) is 0.0833. The molecule has 0 aliphatic carbocycles. The van der Waals surface area contributed by atoms with E-state index in [0.717, 1.165) is 11.6 Å². The second kappa shape index (κ2) is 4.73. The predicted molar refractivity (Wildman–Crippen MR) is 67.8 cm³/mol. The SMILES string of the molecule is Cc1ccsc1C(=O)Nc1c(N)cc(F)cc1F. The van der Waals surface area contributed by atoms with Gasteiger partial charge in [0.25, 0.3) is 5.91 Å². The number of hydrogen-bond acceptors (Lipinski definition) is 3. The number of nitrogens with two attached hydrogens (primary N) is 1. The first-order valence-electron chi connectivity index (χ1n) is 5.09. The van der Waals surface area contributed by atoms with Gasteiger partial charge < -0.3 is 11.1 Å². The Balaban J connectivity index is 2.31. The lowest BCUT2D eigenvalue weighted by Gasteiger charge is -2.09. The molecule has 1 amide bonds. The molecule has 3 N–H and O–H groups in total. The summed E-state index contributed by atoms with van der Waals surface area (Å²) in [7, 11) is 0. The summed E-state index contributed by atoms with van der Waals surface area (Å²) >= 11 is 1.24. The van der Waals surface area contributed by atoms with Gasteiger partial charge in [0, 0.05) is 6.07 Å². The van der Waals surface area contributed by atoms with Crippen LogP contribution < -0.4 is 11.1 Å². The number of thiophene rings is 1. The Morgan fingerprint density at radius 2 is 2.11 bits per heavy atom. The maximum absolute atomic E-state index is 13.5. The topological polar surface area (TPSA) is 55.1 Å². The van der Waals surface area contributed by atoms with Gasteiger partial charge in [-0.05, 0) is 30.0 Å². The maximum atomic E-state index is 13.5. The van der Waals surface area contributed by atoms with Crippen molar-refractivity contribution in [3.63, 3.8) is 0 Å². The minimum absolute atomic E-state index is 0.143. The molecule has 0 saturated heterocycles. The first-order chi connectivity index (χ1) is 8.49. The molecule has 1 aromatic carbocycles. The zero-order valence-electron chi connectivity index (χ0n) is 9.46. The van der Waals surface area contributed by atoms with Crippen LogP contribution in [-0.2, 0) is 0 Å². The summed E-state index contributed by atoms with van der Waals surface area (Å²) in [4.78, 5) is 12.3. The number of carbonyl (C=O) groups excluding carboxylic acids is 1. The van der Waals surface area contributed by atoms with Crippen molar-refractivity contribution in [1.82, 2.24) is 0 Å². The van der Waals surface area contributed by atoms with Gasteiger partial charge in [-0.2, -0.15) is 0 Å². The second-order valence-electron chi connectivity index (χ2n) is 3.74.